The van der Waals surface area contributed by atoms with Crippen LogP contribution < -0.4 is 10.0 Å². The number of hydrogen-bond acceptors (Lipinski definition) is 3. The first-order valence-electron chi connectivity index (χ1n) is 7.49. The number of rotatable bonds is 4. The molecule has 0 atom stereocenters. The highest BCUT2D eigenvalue weighted by Crippen LogP contribution is 2.22. The van der Waals surface area contributed by atoms with E-state index in [4.69, 9.17) is 0 Å². The standard InChI is InChI=1S/C17H17F3N2O3S/c1-17(2,3)21-16(23)10-4-6-11(7-5-10)22-26(24,25)13-9-8-12(18)14(19)15(13)20/h4-9,22H,1-3H3,(H,21,23). The predicted molar refractivity (Wildman–Crippen MR) is 90.8 cm³/mol. The number of hydrogen-bond donors (Lipinski definition) is 2. The number of carbonyl (C=O) groups is 1. The third-order valence-corrected chi connectivity index (χ3v) is 4.58. The largest absolute Gasteiger partial charge is 0.347 e. The van der Waals surface area contributed by atoms with Gasteiger partial charge >= 0.3 is 0 Å². The summed E-state index contributed by atoms with van der Waals surface area (Å²) >= 11 is 0. The Bertz CT molecular complexity index is 937. The van der Waals surface area contributed by atoms with Crippen molar-refractivity contribution >= 4 is 21.6 Å². The molecule has 0 fully saturated rings. The first kappa shape index (κ1) is 19.8. The Morgan fingerprint density at radius 3 is 2.04 bits per heavy atom. The number of carbonyl (C=O) groups excluding carboxylic acids is 1. The summed E-state index contributed by atoms with van der Waals surface area (Å²) in [4.78, 5) is 11.0. The molecule has 0 heterocycles. The van der Waals surface area contributed by atoms with Crippen molar-refractivity contribution in [1.82, 2.24) is 5.32 Å². The van der Waals surface area contributed by atoms with Gasteiger partial charge in [-0.15, -0.1) is 0 Å². The highest BCUT2D eigenvalue weighted by atomic mass is 32.2. The number of halogens is 3. The molecule has 0 aliphatic heterocycles. The smallest absolute Gasteiger partial charge is 0.264 e. The van der Waals surface area contributed by atoms with Gasteiger partial charge < -0.3 is 5.32 Å². The molecule has 0 unspecified atom stereocenters. The number of amides is 1. The van der Waals surface area contributed by atoms with E-state index in [1.54, 1.807) is 0 Å². The second-order valence-electron chi connectivity index (χ2n) is 6.56. The highest BCUT2D eigenvalue weighted by Gasteiger charge is 2.24. The molecule has 2 N–H and O–H groups in total. The van der Waals surface area contributed by atoms with Crippen LogP contribution in [-0.4, -0.2) is 19.9 Å². The minimum atomic E-state index is -4.48. The second kappa shape index (κ2) is 6.99. The number of anilines is 1. The van der Waals surface area contributed by atoms with Gasteiger partial charge in [-0.3, -0.25) is 9.52 Å². The lowest BCUT2D eigenvalue weighted by molar-refractivity contribution is 0.0919. The lowest BCUT2D eigenvalue weighted by atomic mass is 10.1. The van der Waals surface area contributed by atoms with Crippen molar-refractivity contribution < 1.29 is 26.4 Å². The van der Waals surface area contributed by atoms with Crippen LogP contribution in [0.25, 0.3) is 0 Å². The Morgan fingerprint density at radius 1 is 0.923 bits per heavy atom. The number of benzene rings is 2. The van der Waals surface area contributed by atoms with Crippen LogP contribution in [0, 0.1) is 17.5 Å². The molecule has 0 spiro atoms. The topological polar surface area (TPSA) is 75.3 Å². The van der Waals surface area contributed by atoms with Gasteiger partial charge in [-0.2, -0.15) is 0 Å². The summed E-state index contributed by atoms with van der Waals surface area (Å²) in [6, 6.07) is 6.50. The van der Waals surface area contributed by atoms with E-state index in [2.05, 4.69) is 5.32 Å². The monoisotopic (exact) mass is 386 g/mol. The van der Waals surface area contributed by atoms with Gasteiger partial charge in [0, 0.05) is 16.8 Å². The van der Waals surface area contributed by atoms with Gasteiger partial charge in [0.1, 0.15) is 4.90 Å². The molecule has 0 saturated heterocycles. The molecular weight excluding hydrogens is 369 g/mol. The molecule has 0 bridgehead atoms. The van der Waals surface area contributed by atoms with Crippen molar-refractivity contribution in [2.45, 2.75) is 31.2 Å². The van der Waals surface area contributed by atoms with Crippen LogP contribution in [0.4, 0.5) is 18.9 Å². The third-order valence-electron chi connectivity index (χ3n) is 3.18. The summed E-state index contributed by atoms with van der Waals surface area (Å²) in [5.74, 6) is -5.52. The van der Waals surface area contributed by atoms with Crippen molar-refractivity contribution in [3.63, 3.8) is 0 Å². The molecule has 140 valence electrons. The summed E-state index contributed by atoms with van der Waals surface area (Å²) in [5, 5.41) is 2.74. The van der Waals surface area contributed by atoms with Crippen LogP contribution in [0.15, 0.2) is 41.3 Å². The summed E-state index contributed by atoms with van der Waals surface area (Å²) in [5.41, 5.74) is -0.120. The molecule has 2 aromatic rings. The molecule has 2 rings (SSSR count). The molecule has 5 nitrogen and oxygen atoms in total. The Morgan fingerprint density at radius 2 is 1.50 bits per heavy atom. The first-order valence-corrected chi connectivity index (χ1v) is 8.98. The van der Waals surface area contributed by atoms with Gasteiger partial charge in [-0.25, -0.2) is 21.6 Å². The normalized spacial score (nSPS) is 11.9. The molecule has 0 aromatic heterocycles. The Hall–Kier alpha value is -2.55. The lowest BCUT2D eigenvalue weighted by Gasteiger charge is -2.20. The van der Waals surface area contributed by atoms with Gasteiger partial charge in [-0.1, -0.05) is 0 Å². The zero-order chi connectivity index (χ0) is 19.7. The van der Waals surface area contributed by atoms with Crippen molar-refractivity contribution in [2.24, 2.45) is 0 Å². The Labute approximate surface area is 149 Å². The lowest BCUT2D eigenvalue weighted by Crippen LogP contribution is -2.40. The average Bonchev–Trinajstić information content (AvgIpc) is 2.51. The van der Waals surface area contributed by atoms with E-state index < -0.39 is 37.9 Å². The van der Waals surface area contributed by atoms with Gasteiger partial charge in [0.25, 0.3) is 15.9 Å². The van der Waals surface area contributed by atoms with Gasteiger partial charge in [0.2, 0.25) is 0 Å². The van der Waals surface area contributed by atoms with Gasteiger partial charge in [-0.05, 0) is 57.2 Å². The van der Waals surface area contributed by atoms with E-state index in [-0.39, 0.29) is 11.6 Å². The van der Waals surface area contributed by atoms with Crippen LogP contribution in [0.5, 0.6) is 0 Å². The molecule has 0 radical (unpaired) electrons. The van der Waals surface area contributed by atoms with Gasteiger partial charge in [0.15, 0.2) is 17.5 Å². The summed E-state index contributed by atoms with van der Waals surface area (Å²) in [7, 11) is -4.48. The Kier molecular flexibility index (Phi) is 5.31. The fourth-order valence-corrected chi connectivity index (χ4v) is 3.16. The average molecular weight is 386 g/mol. The van der Waals surface area contributed by atoms with E-state index >= 15 is 0 Å². The van der Waals surface area contributed by atoms with Crippen molar-refractivity contribution in [2.75, 3.05) is 4.72 Å². The molecule has 0 aliphatic carbocycles. The maximum atomic E-state index is 13.7. The second-order valence-corrected chi connectivity index (χ2v) is 8.21. The highest BCUT2D eigenvalue weighted by molar-refractivity contribution is 7.92. The van der Waals surface area contributed by atoms with E-state index in [0.29, 0.717) is 17.7 Å². The van der Waals surface area contributed by atoms with Crippen LogP contribution >= 0.6 is 0 Å². The van der Waals surface area contributed by atoms with E-state index in [0.717, 1.165) is 0 Å². The zero-order valence-corrected chi connectivity index (χ0v) is 15.0. The van der Waals surface area contributed by atoms with Crippen LogP contribution in [0.2, 0.25) is 0 Å². The first-order chi connectivity index (χ1) is 11.9. The summed E-state index contributed by atoms with van der Waals surface area (Å²) in [6.45, 7) is 5.43. The Balaban J connectivity index is 2.23. The molecular formula is C17H17F3N2O3S. The van der Waals surface area contributed by atoms with Crippen molar-refractivity contribution in [3.05, 3.63) is 59.4 Å². The molecule has 0 saturated carbocycles. The molecule has 1 amide bonds. The molecule has 26 heavy (non-hydrogen) atoms. The molecule has 0 aliphatic rings. The maximum Gasteiger partial charge on any atom is 0.264 e. The zero-order valence-electron chi connectivity index (χ0n) is 14.2. The minimum Gasteiger partial charge on any atom is -0.347 e. The van der Waals surface area contributed by atoms with E-state index in [9.17, 15) is 26.4 Å². The van der Waals surface area contributed by atoms with Crippen molar-refractivity contribution in [3.8, 4) is 0 Å². The SMILES string of the molecule is CC(C)(C)NC(=O)c1ccc(NS(=O)(=O)c2ccc(F)c(F)c2F)cc1. The number of nitrogens with one attached hydrogen (secondary N) is 2. The van der Waals surface area contributed by atoms with E-state index in [1.165, 1.54) is 24.3 Å². The van der Waals surface area contributed by atoms with Crippen molar-refractivity contribution in [1.29, 1.82) is 0 Å². The van der Waals surface area contributed by atoms with E-state index in [1.807, 2.05) is 25.5 Å². The van der Waals surface area contributed by atoms with Crippen LogP contribution in [-0.2, 0) is 10.0 Å². The predicted octanol–water partition coefficient (Wildman–Crippen LogP) is 3.43. The fourth-order valence-electron chi connectivity index (χ4n) is 2.03. The van der Waals surface area contributed by atoms with Gasteiger partial charge in [0.05, 0.1) is 0 Å². The molecule has 9 heteroatoms. The van der Waals surface area contributed by atoms with Crippen LogP contribution in [0.3, 0.4) is 0 Å². The van der Waals surface area contributed by atoms with Crippen LogP contribution in [0.1, 0.15) is 31.1 Å². The molecule has 2 aromatic carbocycles. The summed E-state index contributed by atoms with van der Waals surface area (Å²) in [6.07, 6.45) is 0. The maximum absolute atomic E-state index is 13.7. The quantitative estimate of drug-likeness (QED) is 0.791. The third kappa shape index (κ3) is 4.54. The number of sulfonamides is 1. The summed E-state index contributed by atoms with van der Waals surface area (Å²) < 4.78 is 66.3. The minimum absolute atomic E-state index is 0.0291. The fraction of sp³-hybridized carbons (Fsp3) is 0.235.